The van der Waals surface area contributed by atoms with E-state index in [9.17, 15) is 13.6 Å². The first-order valence-electron chi connectivity index (χ1n) is 12.6. The zero-order valence-electron chi connectivity index (χ0n) is 20.7. The molecule has 1 aromatic carbocycles. The van der Waals surface area contributed by atoms with E-state index in [2.05, 4.69) is 25.4 Å². The summed E-state index contributed by atoms with van der Waals surface area (Å²) in [6.07, 6.45) is 6.15. The van der Waals surface area contributed by atoms with Crippen LogP contribution in [-0.4, -0.2) is 62.4 Å². The number of nitrogens with zero attached hydrogens (tertiary/aromatic N) is 5. The molecule has 2 aliphatic rings. The summed E-state index contributed by atoms with van der Waals surface area (Å²) in [4.78, 5) is 22.4. The van der Waals surface area contributed by atoms with Gasteiger partial charge in [0.25, 0.3) is 17.0 Å². The average molecular weight is 519 g/mol. The van der Waals surface area contributed by atoms with Crippen LogP contribution in [0.15, 0.2) is 18.2 Å². The molecule has 1 saturated carbocycles. The van der Waals surface area contributed by atoms with Gasteiger partial charge in [0, 0.05) is 38.0 Å². The van der Waals surface area contributed by atoms with Crippen LogP contribution in [0, 0.1) is 5.92 Å². The molecule has 8 nitrogen and oxygen atoms in total. The summed E-state index contributed by atoms with van der Waals surface area (Å²) in [6.45, 7) is 2.91. The number of aryl methyl sites for hydroxylation is 1. The number of aromatic nitrogens is 4. The number of nitrogens with one attached hydrogen (secondary N) is 1. The number of alkyl halides is 2. The van der Waals surface area contributed by atoms with Gasteiger partial charge in [-0.3, -0.25) is 9.69 Å². The highest BCUT2D eigenvalue weighted by Gasteiger charge is 2.27. The molecule has 194 valence electrons. The highest BCUT2D eigenvalue weighted by Crippen LogP contribution is 2.32. The number of fused-ring (bicyclic) bond motifs is 2. The van der Waals surface area contributed by atoms with Gasteiger partial charge in [-0.15, -0.1) is 0 Å². The number of ether oxygens (including phenoxy) is 1. The number of amides is 1. The van der Waals surface area contributed by atoms with E-state index >= 15 is 0 Å². The fourth-order valence-corrected chi connectivity index (χ4v) is 6.02. The van der Waals surface area contributed by atoms with E-state index in [-0.39, 0.29) is 11.9 Å². The Morgan fingerprint density at radius 1 is 1.25 bits per heavy atom. The summed E-state index contributed by atoms with van der Waals surface area (Å²) in [6, 6.07) is 5.69. The van der Waals surface area contributed by atoms with Gasteiger partial charge in [-0.2, -0.15) is 15.0 Å². The molecule has 11 heteroatoms. The number of rotatable bonds is 8. The number of hydrogen-bond donors (Lipinski definition) is 1. The normalized spacial score (nSPS) is 20.9. The minimum absolute atomic E-state index is 0.0806. The third-order valence-electron chi connectivity index (χ3n) is 7.03. The molecule has 0 saturated heterocycles. The number of carbonyl (C=O) groups excluding carboxylic acids is 1. The summed E-state index contributed by atoms with van der Waals surface area (Å²) in [5.41, 5.74) is 2.90. The molecule has 0 atom stereocenters. The highest BCUT2D eigenvalue weighted by atomic mass is 32.1. The lowest BCUT2D eigenvalue weighted by Crippen LogP contribution is -2.38. The predicted octanol–water partition coefficient (Wildman–Crippen LogP) is 4.20. The van der Waals surface area contributed by atoms with Crippen molar-refractivity contribution in [1.29, 1.82) is 0 Å². The third-order valence-corrected chi connectivity index (χ3v) is 8.10. The standard InChI is InChI=1S/C25H32F2N6O2S/c1-25(26,27)15-35-24-29-20-14-33(13-11-21(20)36-24)12-10-16-6-8-17(9-7-16)28-23(34)18-4-3-5-19-22(18)31-32(2)30-19/h3-5,16-17H,6-15H2,1-2H3,(H,28,34). The first-order valence-corrected chi connectivity index (χ1v) is 13.4. The number of thiazole rings is 1. The second-order valence-electron chi connectivity index (χ2n) is 10.1. The van der Waals surface area contributed by atoms with Crippen molar-refractivity contribution in [1.82, 2.24) is 30.2 Å². The SMILES string of the molecule is Cn1nc2cccc(C(=O)NC3CCC(CCN4CCc5sc(OCC(C)(F)F)nc5C4)CC3)c2n1. The van der Waals surface area contributed by atoms with Crippen molar-refractivity contribution in [3.8, 4) is 5.19 Å². The number of carbonyl (C=O) groups is 1. The molecule has 1 aliphatic carbocycles. The molecule has 36 heavy (non-hydrogen) atoms. The summed E-state index contributed by atoms with van der Waals surface area (Å²) in [7, 11) is 1.76. The van der Waals surface area contributed by atoms with Crippen molar-refractivity contribution < 1.29 is 18.3 Å². The Balaban J connectivity index is 1.06. The summed E-state index contributed by atoms with van der Waals surface area (Å²) in [5, 5.41) is 12.2. The van der Waals surface area contributed by atoms with Gasteiger partial charge < -0.3 is 10.1 Å². The van der Waals surface area contributed by atoms with E-state index in [1.807, 2.05) is 12.1 Å². The van der Waals surface area contributed by atoms with Gasteiger partial charge in [0.2, 0.25) is 0 Å². The molecule has 1 fully saturated rings. The molecular formula is C25H32F2N6O2S. The Bertz CT molecular complexity index is 1220. The van der Waals surface area contributed by atoms with Crippen LogP contribution in [0.2, 0.25) is 0 Å². The molecule has 5 rings (SSSR count). The molecule has 0 bridgehead atoms. The van der Waals surface area contributed by atoms with E-state index in [1.165, 1.54) is 16.1 Å². The Labute approximate surface area is 213 Å². The number of hydrogen-bond acceptors (Lipinski definition) is 7. The minimum atomic E-state index is -2.86. The second-order valence-corrected chi connectivity index (χ2v) is 11.1. The lowest BCUT2D eigenvalue weighted by atomic mass is 9.84. The quantitative estimate of drug-likeness (QED) is 0.481. The van der Waals surface area contributed by atoms with Crippen LogP contribution < -0.4 is 10.1 Å². The molecule has 0 unspecified atom stereocenters. The molecule has 3 heterocycles. The van der Waals surface area contributed by atoms with Gasteiger partial charge in [0.05, 0.1) is 11.3 Å². The van der Waals surface area contributed by atoms with E-state index in [4.69, 9.17) is 4.74 Å². The van der Waals surface area contributed by atoms with Crippen molar-refractivity contribution in [2.45, 2.75) is 64.0 Å². The second kappa shape index (κ2) is 10.4. The largest absolute Gasteiger partial charge is 0.464 e. The fourth-order valence-electron chi connectivity index (χ4n) is 5.12. The van der Waals surface area contributed by atoms with Crippen molar-refractivity contribution in [2.24, 2.45) is 13.0 Å². The molecule has 1 N–H and O–H groups in total. The Morgan fingerprint density at radius 2 is 2.06 bits per heavy atom. The highest BCUT2D eigenvalue weighted by molar-refractivity contribution is 7.13. The van der Waals surface area contributed by atoms with Crippen LogP contribution in [0.5, 0.6) is 5.19 Å². The van der Waals surface area contributed by atoms with E-state index in [0.29, 0.717) is 22.2 Å². The van der Waals surface area contributed by atoms with Gasteiger partial charge >= 0.3 is 0 Å². The van der Waals surface area contributed by atoms with Gasteiger partial charge in [-0.1, -0.05) is 17.4 Å². The number of halogens is 2. The van der Waals surface area contributed by atoms with E-state index in [1.54, 1.807) is 13.1 Å². The Hall–Kier alpha value is -2.66. The first kappa shape index (κ1) is 25.0. The van der Waals surface area contributed by atoms with Crippen molar-refractivity contribution >= 4 is 28.3 Å². The minimum Gasteiger partial charge on any atom is -0.464 e. The van der Waals surface area contributed by atoms with Crippen LogP contribution in [0.1, 0.15) is 60.0 Å². The average Bonchev–Trinajstić information content (AvgIpc) is 3.43. The molecule has 0 radical (unpaired) electrons. The lowest BCUT2D eigenvalue weighted by Gasteiger charge is -2.32. The number of benzene rings is 1. The molecule has 1 aliphatic heterocycles. The Kier molecular flexibility index (Phi) is 7.21. The molecular weight excluding hydrogens is 486 g/mol. The van der Waals surface area contributed by atoms with Gasteiger partial charge in [0.15, 0.2) is 6.61 Å². The molecule has 3 aromatic rings. The maximum atomic E-state index is 13.1. The Morgan fingerprint density at radius 3 is 2.83 bits per heavy atom. The summed E-state index contributed by atoms with van der Waals surface area (Å²) >= 11 is 1.39. The molecule has 0 spiro atoms. The first-order chi connectivity index (χ1) is 17.2. The van der Waals surface area contributed by atoms with Crippen LogP contribution in [0.3, 0.4) is 0 Å². The van der Waals surface area contributed by atoms with Gasteiger partial charge in [-0.05, 0) is 63.1 Å². The zero-order chi connectivity index (χ0) is 25.3. The molecule has 1 amide bonds. The maximum Gasteiger partial charge on any atom is 0.278 e. The van der Waals surface area contributed by atoms with Gasteiger partial charge in [0.1, 0.15) is 11.0 Å². The lowest BCUT2D eigenvalue weighted by molar-refractivity contribution is -0.0230. The zero-order valence-corrected chi connectivity index (χ0v) is 21.5. The monoisotopic (exact) mass is 518 g/mol. The van der Waals surface area contributed by atoms with E-state index < -0.39 is 12.5 Å². The third kappa shape index (κ3) is 6.00. The summed E-state index contributed by atoms with van der Waals surface area (Å²) in [5.74, 6) is -2.29. The van der Waals surface area contributed by atoms with Crippen LogP contribution in [-0.2, 0) is 20.0 Å². The van der Waals surface area contributed by atoms with Crippen LogP contribution >= 0.6 is 11.3 Å². The smallest absolute Gasteiger partial charge is 0.278 e. The predicted molar refractivity (Wildman–Crippen MR) is 134 cm³/mol. The van der Waals surface area contributed by atoms with Gasteiger partial charge in [-0.25, -0.2) is 13.8 Å². The van der Waals surface area contributed by atoms with Crippen molar-refractivity contribution in [3.05, 3.63) is 34.3 Å². The van der Waals surface area contributed by atoms with Crippen LogP contribution in [0.25, 0.3) is 11.0 Å². The topological polar surface area (TPSA) is 85.2 Å². The van der Waals surface area contributed by atoms with Crippen molar-refractivity contribution in [2.75, 3.05) is 19.7 Å². The fraction of sp³-hybridized carbons (Fsp3) is 0.600. The van der Waals surface area contributed by atoms with Crippen LogP contribution in [0.4, 0.5) is 8.78 Å². The maximum absolute atomic E-state index is 13.1. The van der Waals surface area contributed by atoms with E-state index in [0.717, 1.165) is 81.2 Å². The molecule has 2 aromatic heterocycles. The summed E-state index contributed by atoms with van der Waals surface area (Å²) < 4.78 is 31.3. The van der Waals surface area contributed by atoms with Crippen molar-refractivity contribution in [3.63, 3.8) is 0 Å².